The summed E-state index contributed by atoms with van der Waals surface area (Å²) in [7, 11) is 0. The van der Waals surface area contributed by atoms with E-state index in [1.165, 1.54) is 11.8 Å². The van der Waals surface area contributed by atoms with Crippen molar-refractivity contribution in [1.29, 1.82) is 0 Å². The van der Waals surface area contributed by atoms with Crippen LogP contribution in [0.3, 0.4) is 0 Å². The number of hydrogen-bond acceptors (Lipinski definition) is 4. The number of aromatic amines is 1. The van der Waals surface area contributed by atoms with Gasteiger partial charge in [-0.15, -0.1) is 0 Å². The van der Waals surface area contributed by atoms with Gasteiger partial charge in [0.1, 0.15) is 26.2 Å². The quantitative estimate of drug-likeness (QED) is 0.586. The van der Waals surface area contributed by atoms with E-state index in [-0.39, 0.29) is 30.1 Å². The molecule has 0 unspecified atom stereocenters. The molecule has 0 spiro atoms. The summed E-state index contributed by atoms with van der Waals surface area (Å²) in [6.07, 6.45) is 2.14. The molecule has 28 heavy (non-hydrogen) atoms. The van der Waals surface area contributed by atoms with E-state index in [4.69, 9.17) is 0 Å². The predicted octanol–water partition coefficient (Wildman–Crippen LogP) is -0.260. The molecule has 0 saturated carbocycles. The van der Waals surface area contributed by atoms with Crippen LogP contribution in [0.4, 0.5) is 11.5 Å². The SMILES string of the molecule is CC(=O)c1ccc(N2C(=O)C[C@@H]([NH+]3CCN(c4cccc[nH+]4)CC3)C2=O)cc1. The number of amides is 2. The first-order valence-electron chi connectivity index (χ1n) is 9.58. The van der Waals surface area contributed by atoms with Gasteiger partial charge in [-0.25, -0.2) is 9.88 Å². The maximum atomic E-state index is 13.0. The van der Waals surface area contributed by atoms with E-state index in [1.54, 1.807) is 24.3 Å². The van der Waals surface area contributed by atoms with Crippen LogP contribution in [0.2, 0.25) is 0 Å². The number of quaternary nitrogens is 1. The monoisotopic (exact) mass is 380 g/mol. The second-order valence-corrected chi connectivity index (χ2v) is 7.32. The molecule has 1 aromatic carbocycles. The summed E-state index contributed by atoms with van der Waals surface area (Å²) in [5, 5.41) is 0. The van der Waals surface area contributed by atoms with Gasteiger partial charge in [-0.1, -0.05) is 6.07 Å². The Hall–Kier alpha value is -3.06. The third-order valence-corrected chi connectivity index (χ3v) is 5.61. The van der Waals surface area contributed by atoms with Crippen molar-refractivity contribution >= 4 is 29.1 Å². The highest BCUT2D eigenvalue weighted by atomic mass is 16.2. The fraction of sp³-hybridized carbons (Fsp3) is 0.333. The van der Waals surface area contributed by atoms with Crippen LogP contribution in [0.1, 0.15) is 23.7 Å². The van der Waals surface area contributed by atoms with Gasteiger partial charge in [-0.2, -0.15) is 0 Å². The average Bonchev–Trinajstić information content (AvgIpc) is 3.03. The molecule has 144 valence electrons. The van der Waals surface area contributed by atoms with E-state index in [9.17, 15) is 14.4 Å². The second kappa shape index (κ2) is 7.52. The minimum absolute atomic E-state index is 0.0403. The summed E-state index contributed by atoms with van der Waals surface area (Å²) in [5.41, 5.74) is 1.11. The lowest BCUT2D eigenvalue weighted by Crippen LogP contribution is -3.19. The van der Waals surface area contributed by atoms with Gasteiger partial charge in [0.2, 0.25) is 5.91 Å². The van der Waals surface area contributed by atoms with E-state index in [2.05, 4.69) is 9.88 Å². The zero-order valence-electron chi connectivity index (χ0n) is 15.9. The molecule has 7 heteroatoms. The number of anilines is 2. The number of carbonyl (C=O) groups excluding carboxylic acids is 3. The third kappa shape index (κ3) is 3.41. The van der Waals surface area contributed by atoms with Crippen molar-refractivity contribution in [1.82, 2.24) is 0 Å². The number of nitrogens with one attached hydrogen (secondary N) is 2. The number of benzene rings is 1. The van der Waals surface area contributed by atoms with Crippen molar-refractivity contribution < 1.29 is 24.3 Å². The lowest BCUT2D eigenvalue weighted by molar-refractivity contribution is -0.915. The van der Waals surface area contributed by atoms with Crippen LogP contribution >= 0.6 is 0 Å². The summed E-state index contributed by atoms with van der Waals surface area (Å²) >= 11 is 0. The first kappa shape index (κ1) is 18.3. The molecule has 2 aliphatic heterocycles. The van der Waals surface area contributed by atoms with E-state index in [0.717, 1.165) is 36.9 Å². The summed E-state index contributed by atoms with van der Waals surface area (Å²) in [6.45, 7) is 4.78. The number of nitrogens with zero attached hydrogens (tertiary/aromatic N) is 2. The average molecular weight is 380 g/mol. The summed E-state index contributed by atoms with van der Waals surface area (Å²) in [5.74, 6) is 0.719. The standard InChI is InChI=1S/C21H22N4O3/c1-15(26)16-5-7-17(8-6-16)25-20(27)14-18(21(25)28)23-10-12-24(13-11-23)19-4-2-3-9-22-19/h2-9,18H,10-14H2,1H3/p+2/t18-/m1/s1. The molecule has 2 saturated heterocycles. The van der Waals surface area contributed by atoms with Gasteiger partial charge in [0.25, 0.3) is 11.7 Å². The molecule has 1 atom stereocenters. The number of hydrogen-bond donors (Lipinski definition) is 1. The Morgan fingerprint density at radius 3 is 2.39 bits per heavy atom. The van der Waals surface area contributed by atoms with E-state index in [1.807, 2.05) is 24.4 Å². The van der Waals surface area contributed by atoms with Gasteiger partial charge in [-0.05, 0) is 37.3 Å². The van der Waals surface area contributed by atoms with Crippen LogP contribution in [0.25, 0.3) is 0 Å². The number of pyridine rings is 1. The maximum absolute atomic E-state index is 13.0. The highest BCUT2D eigenvalue weighted by Crippen LogP contribution is 2.22. The molecule has 4 rings (SSSR count). The van der Waals surface area contributed by atoms with E-state index in [0.29, 0.717) is 11.3 Å². The molecule has 1 aromatic heterocycles. The molecule has 2 N–H and O–H groups in total. The molecule has 2 fully saturated rings. The number of carbonyl (C=O) groups is 3. The smallest absolute Gasteiger partial charge is 0.292 e. The number of H-pyrrole nitrogens is 1. The predicted molar refractivity (Wildman–Crippen MR) is 103 cm³/mol. The minimum atomic E-state index is -0.332. The van der Waals surface area contributed by atoms with Crippen LogP contribution in [-0.4, -0.2) is 49.8 Å². The lowest BCUT2D eigenvalue weighted by Gasteiger charge is -2.31. The second-order valence-electron chi connectivity index (χ2n) is 7.32. The Labute approximate surface area is 163 Å². The van der Waals surface area contributed by atoms with Gasteiger partial charge in [0, 0.05) is 11.6 Å². The number of imide groups is 1. The normalized spacial score (nSPS) is 20.7. The van der Waals surface area contributed by atoms with Crippen molar-refractivity contribution in [2.75, 3.05) is 36.0 Å². The van der Waals surface area contributed by atoms with Crippen molar-refractivity contribution in [3.8, 4) is 0 Å². The largest absolute Gasteiger partial charge is 0.318 e. The molecule has 2 amide bonds. The zero-order chi connectivity index (χ0) is 19.7. The molecule has 2 aromatic rings. The van der Waals surface area contributed by atoms with Crippen LogP contribution < -0.4 is 19.7 Å². The lowest BCUT2D eigenvalue weighted by atomic mass is 10.1. The molecular weight excluding hydrogens is 356 g/mol. The van der Waals surface area contributed by atoms with Crippen molar-refractivity contribution in [2.45, 2.75) is 19.4 Å². The van der Waals surface area contributed by atoms with Crippen LogP contribution in [-0.2, 0) is 9.59 Å². The molecule has 0 radical (unpaired) electrons. The van der Waals surface area contributed by atoms with E-state index < -0.39 is 0 Å². The van der Waals surface area contributed by atoms with Gasteiger partial charge in [0.15, 0.2) is 11.8 Å². The zero-order valence-corrected chi connectivity index (χ0v) is 15.9. The van der Waals surface area contributed by atoms with Crippen molar-refractivity contribution in [3.05, 3.63) is 54.2 Å². The van der Waals surface area contributed by atoms with Gasteiger partial charge in [0.05, 0.1) is 18.3 Å². The highest BCUT2D eigenvalue weighted by Gasteiger charge is 2.47. The number of rotatable bonds is 4. The number of Topliss-reactive ketones (excluding diaryl/α,β-unsaturated/α-hetero) is 1. The molecule has 0 bridgehead atoms. The highest BCUT2D eigenvalue weighted by molar-refractivity contribution is 6.22. The van der Waals surface area contributed by atoms with Crippen molar-refractivity contribution in [3.63, 3.8) is 0 Å². The third-order valence-electron chi connectivity index (χ3n) is 5.61. The molecule has 3 heterocycles. The number of ketones is 1. The van der Waals surface area contributed by atoms with Gasteiger partial charge < -0.3 is 4.90 Å². The minimum Gasteiger partial charge on any atom is -0.318 e. The number of aromatic nitrogens is 1. The Morgan fingerprint density at radius 2 is 1.79 bits per heavy atom. The Bertz CT molecular complexity index is 890. The topological polar surface area (TPSA) is 76.3 Å². The van der Waals surface area contributed by atoms with Crippen LogP contribution in [0.15, 0.2) is 48.7 Å². The summed E-state index contributed by atoms with van der Waals surface area (Å²) in [4.78, 5) is 44.9. The Kier molecular flexibility index (Phi) is 4.92. The first-order chi connectivity index (χ1) is 13.5. The Balaban J connectivity index is 1.44. The van der Waals surface area contributed by atoms with Gasteiger partial charge in [-0.3, -0.25) is 19.3 Å². The van der Waals surface area contributed by atoms with Gasteiger partial charge >= 0.3 is 0 Å². The fourth-order valence-electron chi connectivity index (χ4n) is 4.03. The van der Waals surface area contributed by atoms with E-state index >= 15 is 0 Å². The number of piperazine rings is 1. The Morgan fingerprint density at radius 1 is 1.07 bits per heavy atom. The van der Waals surface area contributed by atoms with Crippen LogP contribution in [0.5, 0.6) is 0 Å². The molecular formula is C21H24N4O3+2. The maximum Gasteiger partial charge on any atom is 0.292 e. The first-order valence-corrected chi connectivity index (χ1v) is 9.58. The summed E-state index contributed by atoms with van der Waals surface area (Å²) < 4.78 is 0. The molecule has 2 aliphatic rings. The summed E-state index contributed by atoms with van der Waals surface area (Å²) in [6, 6.07) is 12.3. The molecule has 0 aliphatic carbocycles. The fourth-order valence-corrected chi connectivity index (χ4v) is 4.03. The molecule has 7 nitrogen and oxygen atoms in total. The van der Waals surface area contributed by atoms with Crippen molar-refractivity contribution in [2.24, 2.45) is 0 Å². The van der Waals surface area contributed by atoms with Crippen LogP contribution in [0, 0.1) is 0 Å².